The van der Waals surface area contributed by atoms with Crippen LogP contribution in [0.4, 0.5) is 0 Å². The van der Waals surface area contributed by atoms with Gasteiger partial charge in [-0.15, -0.1) is 0 Å². The first-order valence-electron chi connectivity index (χ1n) is 7.18. The smallest absolute Gasteiger partial charge is 0.339 e. The van der Waals surface area contributed by atoms with Gasteiger partial charge in [0.05, 0.1) is 18.6 Å². The van der Waals surface area contributed by atoms with Crippen molar-refractivity contribution < 1.29 is 19.1 Å². The minimum absolute atomic E-state index is 0.0938. The van der Waals surface area contributed by atoms with Crippen LogP contribution in [0.5, 0.6) is 0 Å². The van der Waals surface area contributed by atoms with E-state index in [0.717, 1.165) is 31.2 Å². The number of cyclic esters (lactones) is 1. The van der Waals surface area contributed by atoms with Crippen molar-refractivity contribution in [2.24, 2.45) is 0 Å². The predicted molar refractivity (Wildman–Crippen MR) is 74.3 cm³/mol. The summed E-state index contributed by atoms with van der Waals surface area (Å²) in [5.41, 5.74) is 1.33. The van der Waals surface area contributed by atoms with Crippen LogP contribution in [-0.4, -0.2) is 18.5 Å². The molecule has 0 saturated carbocycles. The van der Waals surface area contributed by atoms with Crippen molar-refractivity contribution in [3.8, 4) is 0 Å². The third-order valence-corrected chi connectivity index (χ3v) is 3.39. The highest BCUT2D eigenvalue weighted by Crippen LogP contribution is 2.32. The predicted octanol–water partition coefficient (Wildman–Crippen LogP) is 3.41. The summed E-state index contributed by atoms with van der Waals surface area (Å²) in [4.78, 5) is 23.4. The first-order valence-corrected chi connectivity index (χ1v) is 7.18. The van der Waals surface area contributed by atoms with E-state index in [1.165, 1.54) is 0 Å². The van der Waals surface area contributed by atoms with E-state index in [0.29, 0.717) is 12.2 Å². The van der Waals surface area contributed by atoms with Gasteiger partial charge in [0, 0.05) is 5.56 Å². The lowest BCUT2D eigenvalue weighted by Gasteiger charge is -2.10. The molecule has 0 saturated heterocycles. The Kier molecular flexibility index (Phi) is 5.16. The van der Waals surface area contributed by atoms with E-state index in [4.69, 9.17) is 9.47 Å². The number of ether oxygens (including phenoxy) is 2. The maximum Gasteiger partial charge on any atom is 0.339 e. The van der Waals surface area contributed by atoms with Gasteiger partial charge < -0.3 is 9.47 Å². The zero-order valence-electron chi connectivity index (χ0n) is 11.8. The van der Waals surface area contributed by atoms with Crippen LogP contribution in [0.15, 0.2) is 24.3 Å². The number of fused-ring (bicyclic) bond motifs is 1. The summed E-state index contributed by atoms with van der Waals surface area (Å²) in [5.74, 6) is -0.669. The van der Waals surface area contributed by atoms with Gasteiger partial charge in [0.25, 0.3) is 0 Å². The molecule has 1 heterocycles. The van der Waals surface area contributed by atoms with Gasteiger partial charge in [-0.3, -0.25) is 4.79 Å². The Morgan fingerprint density at radius 3 is 2.85 bits per heavy atom. The fourth-order valence-corrected chi connectivity index (χ4v) is 2.30. The van der Waals surface area contributed by atoms with Crippen LogP contribution >= 0.6 is 0 Å². The highest BCUT2D eigenvalue weighted by atomic mass is 16.6. The molecule has 4 nitrogen and oxygen atoms in total. The van der Waals surface area contributed by atoms with Crippen molar-refractivity contribution in [1.82, 2.24) is 0 Å². The maximum absolute atomic E-state index is 11.7. The van der Waals surface area contributed by atoms with E-state index in [-0.39, 0.29) is 18.4 Å². The van der Waals surface area contributed by atoms with Crippen LogP contribution in [-0.2, 0) is 14.3 Å². The van der Waals surface area contributed by atoms with Gasteiger partial charge in [-0.05, 0) is 12.5 Å². The van der Waals surface area contributed by atoms with Crippen LogP contribution in [0.3, 0.4) is 0 Å². The van der Waals surface area contributed by atoms with Crippen LogP contribution < -0.4 is 0 Å². The Morgan fingerprint density at radius 2 is 2.05 bits per heavy atom. The largest absolute Gasteiger partial charge is 0.466 e. The van der Waals surface area contributed by atoms with Crippen molar-refractivity contribution >= 4 is 11.9 Å². The summed E-state index contributed by atoms with van der Waals surface area (Å²) in [7, 11) is 0. The number of hydrogen-bond acceptors (Lipinski definition) is 4. The average molecular weight is 276 g/mol. The fraction of sp³-hybridized carbons (Fsp3) is 0.500. The molecule has 1 aliphatic rings. The van der Waals surface area contributed by atoms with Gasteiger partial charge >= 0.3 is 11.9 Å². The first kappa shape index (κ1) is 14.6. The molecule has 0 aliphatic carbocycles. The Morgan fingerprint density at radius 1 is 1.25 bits per heavy atom. The number of benzene rings is 1. The highest BCUT2D eigenvalue weighted by Gasteiger charge is 2.32. The molecule has 0 N–H and O–H groups in total. The highest BCUT2D eigenvalue weighted by molar-refractivity contribution is 5.94. The molecule has 0 bridgehead atoms. The van der Waals surface area contributed by atoms with Crippen LogP contribution in [0, 0.1) is 0 Å². The molecule has 4 heteroatoms. The van der Waals surface area contributed by atoms with Crippen LogP contribution in [0.2, 0.25) is 0 Å². The first-order chi connectivity index (χ1) is 9.72. The molecule has 1 atom stereocenters. The van der Waals surface area contributed by atoms with Crippen LogP contribution in [0.1, 0.15) is 61.1 Å². The summed E-state index contributed by atoms with van der Waals surface area (Å²) in [6, 6.07) is 7.16. The summed E-state index contributed by atoms with van der Waals surface area (Å²) < 4.78 is 10.4. The number of rotatable bonds is 7. The average Bonchev–Trinajstić information content (AvgIpc) is 2.76. The van der Waals surface area contributed by atoms with Crippen molar-refractivity contribution in [3.05, 3.63) is 35.4 Å². The number of hydrogen-bond donors (Lipinski definition) is 0. The topological polar surface area (TPSA) is 52.6 Å². The molecule has 1 aromatic rings. The molecular weight excluding hydrogens is 256 g/mol. The Hall–Kier alpha value is -1.84. The fourth-order valence-electron chi connectivity index (χ4n) is 2.30. The molecule has 2 rings (SSSR count). The third kappa shape index (κ3) is 3.59. The summed E-state index contributed by atoms with van der Waals surface area (Å²) in [5, 5.41) is 0. The monoisotopic (exact) mass is 276 g/mol. The minimum atomic E-state index is -0.498. The third-order valence-electron chi connectivity index (χ3n) is 3.39. The minimum Gasteiger partial charge on any atom is -0.466 e. The molecule has 0 radical (unpaired) electrons. The SMILES string of the molecule is CCCCCCOC(=O)CC1OC(=O)c2ccccc21. The summed E-state index contributed by atoms with van der Waals surface area (Å²) >= 11 is 0. The van der Waals surface area contributed by atoms with Crippen molar-refractivity contribution in [2.45, 2.75) is 45.1 Å². The molecule has 20 heavy (non-hydrogen) atoms. The zero-order chi connectivity index (χ0) is 14.4. The lowest BCUT2D eigenvalue weighted by atomic mass is 10.0. The van der Waals surface area contributed by atoms with Gasteiger partial charge in [0.15, 0.2) is 0 Å². The molecule has 108 valence electrons. The summed E-state index contributed by atoms with van der Waals surface area (Å²) in [6.07, 6.45) is 3.87. The van der Waals surface area contributed by atoms with Gasteiger partial charge in [0.1, 0.15) is 6.10 Å². The van der Waals surface area contributed by atoms with E-state index in [9.17, 15) is 9.59 Å². The number of carbonyl (C=O) groups excluding carboxylic acids is 2. The van der Waals surface area contributed by atoms with E-state index < -0.39 is 6.10 Å². The normalized spacial score (nSPS) is 16.6. The second kappa shape index (κ2) is 7.08. The standard InChI is InChI=1S/C16H20O4/c1-2-3-4-7-10-19-15(17)11-14-12-8-5-6-9-13(12)16(18)20-14/h5-6,8-9,14H,2-4,7,10-11H2,1H3. The maximum atomic E-state index is 11.7. The Bertz CT molecular complexity index is 481. The number of unbranched alkanes of at least 4 members (excludes halogenated alkanes) is 3. The summed E-state index contributed by atoms with van der Waals surface area (Å²) in [6.45, 7) is 2.58. The van der Waals surface area contributed by atoms with Crippen molar-refractivity contribution in [2.75, 3.05) is 6.61 Å². The lowest BCUT2D eigenvalue weighted by molar-refractivity contribution is -0.146. The second-order valence-corrected chi connectivity index (χ2v) is 4.97. The Labute approximate surface area is 119 Å². The van der Waals surface area contributed by atoms with Crippen molar-refractivity contribution in [1.29, 1.82) is 0 Å². The van der Waals surface area contributed by atoms with E-state index in [2.05, 4.69) is 6.92 Å². The molecule has 1 unspecified atom stereocenters. The molecule has 1 aliphatic heterocycles. The number of esters is 2. The zero-order valence-corrected chi connectivity index (χ0v) is 11.8. The van der Waals surface area contributed by atoms with Gasteiger partial charge in [0.2, 0.25) is 0 Å². The van der Waals surface area contributed by atoms with Gasteiger partial charge in [-0.2, -0.15) is 0 Å². The second-order valence-electron chi connectivity index (χ2n) is 4.97. The molecule has 0 amide bonds. The lowest BCUT2D eigenvalue weighted by Crippen LogP contribution is -2.11. The van der Waals surface area contributed by atoms with E-state index in [1.54, 1.807) is 12.1 Å². The Balaban J connectivity index is 1.80. The molecule has 1 aromatic carbocycles. The van der Waals surface area contributed by atoms with Gasteiger partial charge in [-0.1, -0.05) is 44.4 Å². The molecule has 0 fully saturated rings. The molecule has 0 aromatic heterocycles. The van der Waals surface area contributed by atoms with E-state index >= 15 is 0 Å². The van der Waals surface area contributed by atoms with Gasteiger partial charge in [-0.25, -0.2) is 4.79 Å². The molecule has 0 spiro atoms. The quantitative estimate of drug-likeness (QED) is 0.565. The van der Waals surface area contributed by atoms with Crippen LogP contribution in [0.25, 0.3) is 0 Å². The number of carbonyl (C=O) groups is 2. The van der Waals surface area contributed by atoms with E-state index in [1.807, 2.05) is 12.1 Å². The van der Waals surface area contributed by atoms with Crippen molar-refractivity contribution in [3.63, 3.8) is 0 Å². The molecular formula is C16H20O4.